The number of para-hydroxylation sites is 1. The SMILES string of the molecule is O=C(CCC12CC3CC(C1)CC(c1c[nH]c4ccccc14)(C3)C2)c1cccn(Cc2ccc(F)c(F)c2)c1=O. The number of carbonyl (C=O) groups excluding carboxylic acids is 1. The van der Waals surface area contributed by atoms with Gasteiger partial charge in [0, 0.05) is 29.7 Å². The van der Waals surface area contributed by atoms with Crippen molar-refractivity contribution in [3.63, 3.8) is 0 Å². The number of carbonyl (C=O) groups is 1. The van der Waals surface area contributed by atoms with Gasteiger partial charge in [0.1, 0.15) is 0 Å². The molecule has 0 saturated heterocycles. The number of fused-ring (bicyclic) bond motifs is 1. The lowest BCUT2D eigenvalue weighted by Gasteiger charge is -2.62. The molecule has 39 heavy (non-hydrogen) atoms. The Morgan fingerprint density at radius 3 is 2.56 bits per heavy atom. The molecule has 0 radical (unpaired) electrons. The highest BCUT2D eigenvalue weighted by Gasteiger charge is 2.58. The van der Waals surface area contributed by atoms with Crippen LogP contribution in [0.5, 0.6) is 0 Å². The van der Waals surface area contributed by atoms with E-state index in [2.05, 4.69) is 35.4 Å². The highest BCUT2D eigenvalue weighted by Crippen LogP contribution is 2.67. The monoisotopic (exact) mass is 526 g/mol. The van der Waals surface area contributed by atoms with Crippen LogP contribution in [0.15, 0.2) is 71.8 Å². The van der Waals surface area contributed by atoms with Gasteiger partial charge in [-0.1, -0.05) is 24.3 Å². The summed E-state index contributed by atoms with van der Waals surface area (Å²) < 4.78 is 28.4. The number of pyridine rings is 1. The number of Topliss-reactive ketones (excluding diaryl/α,β-unsaturated/α-hetero) is 1. The van der Waals surface area contributed by atoms with Gasteiger partial charge in [-0.15, -0.1) is 0 Å². The van der Waals surface area contributed by atoms with Crippen LogP contribution in [0.25, 0.3) is 10.9 Å². The second-order valence-corrected chi connectivity index (χ2v) is 12.5. The first-order chi connectivity index (χ1) is 18.8. The lowest BCUT2D eigenvalue weighted by Crippen LogP contribution is -2.54. The van der Waals surface area contributed by atoms with Crippen molar-refractivity contribution in [2.24, 2.45) is 17.3 Å². The Morgan fingerprint density at radius 1 is 0.974 bits per heavy atom. The van der Waals surface area contributed by atoms with Crippen molar-refractivity contribution in [2.75, 3.05) is 0 Å². The first-order valence-electron chi connectivity index (χ1n) is 14.1. The fourth-order valence-electron chi connectivity index (χ4n) is 8.79. The molecule has 0 aliphatic heterocycles. The zero-order valence-corrected chi connectivity index (χ0v) is 21.9. The molecule has 4 aliphatic carbocycles. The van der Waals surface area contributed by atoms with Crippen molar-refractivity contribution in [1.29, 1.82) is 0 Å². The van der Waals surface area contributed by atoms with E-state index >= 15 is 0 Å². The standard InChI is InChI=1S/C33H32F2N2O2/c34-27-8-7-21(13-28(27)35)19-37-11-3-5-25(31(37)39)30(38)9-10-32-14-22-12-23(15-32)17-33(16-22,20-32)26-18-36-29-6-2-1-4-24(26)29/h1-8,11,13,18,22-23,36H,9-10,12,14-17,19-20H2. The van der Waals surface area contributed by atoms with Gasteiger partial charge in [0.25, 0.3) is 5.56 Å². The average Bonchev–Trinajstić information content (AvgIpc) is 3.35. The molecule has 4 aliphatic rings. The van der Waals surface area contributed by atoms with Gasteiger partial charge in [-0.25, -0.2) is 8.78 Å². The number of hydrogen-bond acceptors (Lipinski definition) is 2. The predicted molar refractivity (Wildman–Crippen MR) is 147 cm³/mol. The van der Waals surface area contributed by atoms with Crippen LogP contribution >= 0.6 is 0 Å². The summed E-state index contributed by atoms with van der Waals surface area (Å²) in [5.41, 5.74) is 3.21. The highest BCUT2D eigenvalue weighted by molar-refractivity contribution is 5.95. The van der Waals surface area contributed by atoms with E-state index in [9.17, 15) is 18.4 Å². The zero-order valence-electron chi connectivity index (χ0n) is 21.9. The topological polar surface area (TPSA) is 54.9 Å². The maximum absolute atomic E-state index is 13.7. The highest BCUT2D eigenvalue weighted by atomic mass is 19.2. The summed E-state index contributed by atoms with van der Waals surface area (Å²) in [6.07, 6.45) is 12.2. The smallest absolute Gasteiger partial charge is 0.261 e. The maximum Gasteiger partial charge on any atom is 0.261 e. The lowest BCUT2D eigenvalue weighted by atomic mass is 9.42. The van der Waals surface area contributed by atoms with Crippen molar-refractivity contribution in [2.45, 2.75) is 63.3 Å². The van der Waals surface area contributed by atoms with Crippen LogP contribution in [0.3, 0.4) is 0 Å². The number of aromatic nitrogens is 2. The number of aromatic amines is 1. The van der Waals surface area contributed by atoms with Crippen molar-refractivity contribution >= 4 is 16.7 Å². The summed E-state index contributed by atoms with van der Waals surface area (Å²) in [4.78, 5) is 30.1. The molecule has 2 heterocycles. The number of ketones is 1. The fourth-order valence-corrected chi connectivity index (χ4v) is 8.79. The summed E-state index contributed by atoms with van der Waals surface area (Å²) in [5.74, 6) is -0.614. The number of benzene rings is 2. The molecule has 2 aromatic carbocycles. The number of hydrogen-bond donors (Lipinski definition) is 1. The van der Waals surface area contributed by atoms with E-state index < -0.39 is 11.6 Å². The first-order valence-corrected chi connectivity index (χ1v) is 14.1. The van der Waals surface area contributed by atoms with E-state index in [1.54, 1.807) is 18.3 Å². The Labute approximate surface area is 226 Å². The number of rotatable bonds is 7. The minimum Gasteiger partial charge on any atom is -0.361 e. The van der Waals surface area contributed by atoms with Crippen LogP contribution in [-0.2, 0) is 12.0 Å². The van der Waals surface area contributed by atoms with Crippen molar-refractivity contribution < 1.29 is 13.6 Å². The van der Waals surface area contributed by atoms with Crippen LogP contribution in [0.2, 0.25) is 0 Å². The Kier molecular flexibility index (Phi) is 5.66. The molecular formula is C33H32F2N2O2. The van der Waals surface area contributed by atoms with Crippen LogP contribution in [0.4, 0.5) is 8.78 Å². The number of nitrogens with one attached hydrogen (secondary N) is 1. The average molecular weight is 527 g/mol. The van der Waals surface area contributed by atoms with Crippen LogP contribution in [0.1, 0.15) is 72.9 Å². The van der Waals surface area contributed by atoms with E-state index in [1.165, 1.54) is 59.2 Å². The van der Waals surface area contributed by atoms with E-state index in [1.807, 2.05) is 0 Å². The normalized spacial score (nSPS) is 27.3. The van der Waals surface area contributed by atoms with Gasteiger partial charge in [-0.05, 0) is 109 Å². The summed E-state index contributed by atoms with van der Waals surface area (Å²) in [7, 11) is 0. The Morgan fingerprint density at radius 2 is 1.77 bits per heavy atom. The minimum absolute atomic E-state index is 0.0809. The number of nitrogens with zero attached hydrogens (tertiary/aromatic N) is 1. The third kappa shape index (κ3) is 4.16. The van der Waals surface area contributed by atoms with Gasteiger partial charge in [-0.3, -0.25) is 9.59 Å². The zero-order chi connectivity index (χ0) is 26.8. The Bertz CT molecular complexity index is 1640. The van der Waals surface area contributed by atoms with Gasteiger partial charge < -0.3 is 9.55 Å². The van der Waals surface area contributed by atoms with E-state index in [0.29, 0.717) is 23.8 Å². The van der Waals surface area contributed by atoms with Gasteiger partial charge in [-0.2, -0.15) is 0 Å². The molecule has 2 atom stereocenters. The quantitative estimate of drug-likeness (QED) is 0.260. The molecule has 4 saturated carbocycles. The predicted octanol–water partition coefficient (Wildman–Crippen LogP) is 7.16. The molecule has 1 N–H and O–H groups in total. The second-order valence-electron chi connectivity index (χ2n) is 12.5. The summed E-state index contributed by atoms with van der Waals surface area (Å²) in [6, 6.07) is 15.5. The molecule has 0 amide bonds. The van der Waals surface area contributed by atoms with Crippen molar-refractivity contribution in [3.05, 3.63) is 106 Å². The van der Waals surface area contributed by atoms with Gasteiger partial charge in [0.15, 0.2) is 17.4 Å². The summed E-state index contributed by atoms with van der Waals surface area (Å²) in [6.45, 7) is 0.0809. The molecule has 2 aromatic heterocycles. The van der Waals surface area contributed by atoms with Crippen molar-refractivity contribution in [1.82, 2.24) is 9.55 Å². The molecule has 6 heteroatoms. The fraction of sp³-hybridized carbons (Fsp3) is 0.394. The molecule has 4 bridgehead atoms. The summed E-state index contributed by atoms with van der Waals surface area (Å²) >= 11 is 0. The summed E-state index contributed by atoms with van der Waals surface area (Å²) in [5, 5.41) is 1.33. The van der Waals surface area contributed by atoms with Gasteiger partial charge in [0.05, 0.1) is 12.1 Å². The third-order valence-electron chi connectivity index (χ3n) is 9.88. The molecular weight excluding hydrogens is 494 g/mol. The molecule has 0 spiro atoms. The Balaban J connectivity index is 1.12. The Hall–Kier alpha value is -3.54. The maximum atomic E-state index is 13.7. The number of halogens is 2. The van der Waals surface area contributed by atoms with Gasteiger partial charge in [0.2, 0.25) is 0 Å². The first kappa shape index (κ1) is 24.5. The molecule has 2 unspecified atom stereocenters. The minimum atomic E-state index is -0.950. The van der Waals surface area contributed by atoms with Crippen molar-refractivity contribution in [3.8, 4) is 0 Å². The molecule has 4 nitrogen and oxygen atoms in total. The second kappa shape index (κ2) is 9.00. The molecule has 8 rings (SSSR count). The van der Waals surface area contributed by atoms with Crippen LogP contribution < -0.4 is 5.56 Å². The van der Waals surface area contributed by atoms with Crippen LogP contribution in [-0.4, -0.2) is 15.3 Å². The molecule has 200 valence electrons. The van der Waals surface area contributed by atoms with E-state index in [0.717, 1.165) is 25.0 Å². The lowest BCUT2D eigenvalue weighted by molar-refractivity contribution is -0.0755. The van der Waals surface area contributed by atoms with E-state index in [-0.39, 0.29) is 34.3 Å². The van der Waals surface area contributed by atoms with Gasteiger partial charge >= 0.3 is 0 Å². The van der Waals surface area contributed by atoms with Crippen LogP contribution in [0, 0.1) is 28.9 Å². The molecule has 4 fully saturated rings. The van der Waals surface area contributed by atoms with E-state index in [4.69, 9.17) is 0 Å². The third-order valence-corrected chi connectivity index (χ3v) is 9.88. The largest absolute Gasteiger partial charge is 0.361 e. The number of H-pyrrole nitrogens is 1. The molecule has 4 aromatic rings.